The fourth-order valence-corrected chi connectivity index (χ4v) is 2.55. The molecule has 18 heavy (non-hydrogen) atoms. The third-order valence-electron chi connectivity index (χ3n) is 3.95. The Labute approximate surface area is 110 Å². The van der Waals surface area contributed by atoms with E-state index >= 15 is 0 Å². The topological polar surface area (TPSA) is 75.4 Å². The highest BCUT2D eigenvalue weighted by Gasteiger charge is 2.23. The van der Waals surface area contributed by atoms with Crippen LogP contribution in [0, 0.1) is 11.3 Å². The van der Waals surface area contributed by atoms with Gasteiger partial charge in [0, 0.05) is 13.0 Å². The van der Waals surface area contributed by atoms with E-state index in [0.717, 1.165) is 32.1 Å². The smallest absolute Gasteiger partial charge is 0.220 e. The van der Waals surface area contributed by atoms with Gasteiger partial charge in [-0.05, 0) is 50.0 Å². The molecule has 1 aliphatic rings. The van der Waals surface area contributed by atoms with Crippen LogP contribution in [0.15, 0.2) is 0 Å². The first-order valence-corrected chi connectivity index (χ1v) is 7.08. The van der Waals surface area contributed by atoms with Gasteiger partial charge in [0.1, 0.15) is 0 Å². The normalized spacial score (nSPS) is 24.2. The second-order valence-corrected chi connectivity index (χ2v) is 6.34. The summed E-state index contributed by atoms with van der Waals surface area (Å²) in [6.07, 6.45) is 4.99. The number of carbonyl (C=O) groups is 1. The predicted octanol–water partition coefficient (Wildman–Crippen LogP) is 1.42. The highest BCUT2D eigenvalue weighted by Crippen LogP contribution is 2.26. The Balaban J connectivity index is 2.14. The van der Waals surface area contributed by atoms with Gasteiger partial charge in [-0.3, -0.25) is 4.79 Å². The number of nitrogens with two attached hydrogens (primary N) is 1. The van der Waals surface area contributed by atoms with E-state index in [0.29, 0.717) is 25.4 Å². The van der Waals surface area contributed by atoms with Crippen molar-refractivity contribution in [3.8, 4) is 0 Å². The minimum atomic E-state index is -0.157. The Morgan fingerprint density at radius 3 is 2.67 bits per heavy atom. The first kappa shape index (κ1) is 15.4. The Morgan fingerprint density at radius 2 is 2.11 bits per heavy atom. The summed E-state index contributed by atoms with van der Waals surface area (Å²) in [5.74, 6) is 0.586. The summed E-state index contributed by atoms with van der Waals surface area (Å²) in [7, 11) is 0. The van der Waals surface area contributed by atoms with Crippen molar-refractivity contribution in [2.45, 2.75) is 58.5 Å². The van der Waals surface area contributed by atoms with Crippen LogP contribution in [-0.4, -0.2) is 30.2 Å². The number of aliphatic hydroxyl groups is 1. The molecule has 0 spiro atoms. The maximum atomic E-state index is 11.7. The lowest BCUT2D eigenvalue weighted by Gasteiger charge is -2.23. The van der Waals surface area contributed by atoms with Crippen LogP contribution in [0.1, 0.15) is 52.4 Å². The van der Waals surface area contributed by atoms with E-state index in [1.807, 2.05) is 0 Å². The molecule has 1 amide bonds. The molecule has 4 N–H and O–H groups in total. The standard InChI is InChI=1S/C14H28N2O2/c1-14(2,7-8-15)6-5-13(18)16-10-11-3-4-12(17)9-11/h11-12,17H,3-10,15H2,1-2H3,(H,16,18). The highest BCUT2D eigenvalue weighted by molar-refractivity contribution is 5.75. The monoisotopic (exact) mass is 256 g/mol. The number of hydrogen-bond acceptors (Lipinski definition) is 3. The van der Waals surface area contributed by atoms with Crippen LogP contribution < -0.4 is 11.1 Å². The van der Waals surface area contributed by atoms with Crippen molar-refractivity contribution in [1.82, 2.24) is 5.32 Å². The second-order valence-electron chi connectivity index (χ2n) is 6.34. The summed E-state index contributed by atoms with van der Waals surface area (Å²) >= 11 is 0. The number of nitrogens with one attached hydrogen (secondary N) is 1. The Kier molecular flexibility index (Phi) is 6.09. The molecule has 0 aromatic heterocycles. The second kappa shape index (κ2) is 7.10. The van der Waals surface area contributed by atoms with Crippen molar-refractivity contribution < 1.29 is 9.90 Å². The number of amides is 1. The van der Waals surface area contributed by atoms with Gasteiger partial charge in [-0.25, -0.2) is 0 Å². The fraction of sp³-hybridized carbons (Fsp3) is 0.929. The number of carbonyl (C=O) groups excluding carboxylic acids is 1. The molecule has 0 aromatic carbocycles. The van der Waals surface area contributed by atoms with Gasteiger partial charge in [0.05, 0.1) is 6.10 Å². The van der Waals surface area contributed by atoms with Gasteiger partial charge < -0.3 is 16.2 Å². The average Bonchev–Trinajstić information content (AvgIpc) is 2.70. The van der Waals surface area contributed by atoms with E-state index in [1.54, 1.807) is 0 Å². The number of rotatable bonds is 7. The molecule has 0 radical (unpaired) electrons. The molecule has 1 saturated carbocycles. The summed E-state index contributed by atoms with van der Waals surface area (Å²) in [6.45, 7) is 5.70. The molecule has 0 aliphatic heterocycles. The fourth-order valence-electron chi connectivity index (χ4n) is 2.55. The van der Waals surface area contributed by atoms with Crippen LogP contribution in [-0.2, 0) is 4.79 Å². The van der Waals surface area contributed by atoms with Crippen LogP contribution in [0.3, 0.4) is 0 Å². The summed E-state index contributed by atoms with van der Waals surface area (Å²) in [4.78, 5) is 11.7. The molecular formula is C14H28N2O2. The van der Waals surface area contributed by atoms with E-state index in [-0.39, 0.29) is 17.4 Å². The SMILES string of the molecule is CC(C)(CCN)CCC(=O)NCC1CCC(O)C1. The zero-order valence-electron chi connectivity index (χ0n) is 11.7. The highest BCUT2D eigenvalue weighted by atomic mass is 16.3. The minimum Gasteiger partial charge on any atom is -0.393 e. The first-order valence-electron chi connectivity index (χ1n) is 7.08. The van der Waals surface area contributed by atoms with Crippen LogP contribution in [0.2, 0.25) is 0 Å². The Bertz CT molecular complexity index is 267. The third-order valence-corrected chi connectivity index (χ3v) is 3.95. The Morgan fingerprint density at radius 1 is 1.39 bits per heavy atom. The number of aliphatic hydroxyl groups excluding tert-OH is 1. The summed E-state index contributed by atoms with van der Waals surface area (Å²) in [6, 6.07) is 0. The maximum absolute atomic E-state index is 11.7. The van der Waals surface area contributed by atoms with E-state index in [1.165, 1.54) is 0 Å². The molecule has 2 unspecified atom stereocenters. The zero-order chi connectivity index (χ0) is 13.6. The van der Waals surface area contributed by atoms with Gasteiger partial charge in [-0.1, -0.05) is 13.8 Å². The zero-order valence-corrected chi connectivity index (χ0v) is 11.7. The largest absolute Gasteiger partial charge is 0.393 e. The van der Waals surface area contributed by atoms with Gasteiger partial charge in [0.25, 0.3) is 0 Å². The Hall–Kier alpha value is -0.610. The molecule has 0 aromatic rings. The maximum Gasteiger partial charge on any atom is 0.220 e. The van der Waals surface area contributed by atoms with Crippen LogP contribution in [0.5, 0.6) is 0 Å². The molecule has 0 heterocycles. The molecule has 1 aliphatic carbocycles. The summed E-state index contributed by atoms with van der Waals surface area (Å²) in [5, 5.41) is 12.4. The predicted molar refractivity (Wildman–Crippen MR) is 73.0 cm³/mol. The molecule has 0 saturated heterocycles. The average molecular weight is 256 g/mol. The molecule has 1 rings (SSSR count). The third kappa shape index (κ3) is 5.83. The van der Waals surface area contributed by atoms with Gasteiger partial charge in [-0.15, -0.1) is 0 Å². The lowest BCUT2D eigenvalue weighted by molar-refractivity contribution is -0.121. The summed E-state index contributed by atoms with van der Waals surface area (Å²) in [5.41, 5.74) is 5.70. The van der Waals surface area contributed by atoms with Crippen molar-refractivity contribution in [2.75, 3.05) is 13.1 Å². The van der Waals surface area contributed by atoms with Gasteiger partial charge in [-0.2, -0.15) is 0 Å². The van der Waals surface area contributed by atoms with Crippen molar-refractivity contribution in [2.24, 2.45) is 17.1 Å². The van der Waals surface area contributed by atoms with Crippen molar-refractivity contribution in [3.63, 3.8) is 0 Å². The van der Waals surface area contributed by atoms with Crippen molar-refractivity contribution in [1.29, 1.82) is 0 Å². The van der Waals surface area contributed by atoms with E-state index in [2.05, 4.69) is 19.2 Å². The van der Waals surface area contributed by atoms with E-state index in [9.17, 15) is 9.90 Å². The van der Waals surface area contributed by atoms with E-state index in [4.69, 9.17) is 5.73 Å². The lowest BCUT2D eigenvalue weighted by Crippen LogP contribution is -2.30. The van der Waals surface area contributed by atoms with Gasteiger partial charge in [0.2, 0.25) is 5.91 Å². The first-order chi connectivity index (χ1) is 8.43. The van der Waals surface area contributed by atoms with Gasteiger partial charge >= 0.3 is 0 Å². The molecule has 2 atom stereocenters. The lowest BCUT2D eigenvalue weighted by atomic mass is 9.84. The van der Waals surface area contributed by atoms with Gasteiger partial charge in [0.15, 0.2) is 0 Å². The van der Waals surface area contributed by atoms with Crippen molar-refractivity contribution >= 4 is 5.91 Å². The van der Waals surface area contributed by atoms with Crippen LogP contribution in [0.25, 0.3) is 0 Å². The van der Waals surface area contributed by atoms with Crippen molar-refractivity contribution in [3.05, 3.63) is 0 Å². The molecule has 106 valence electrons. The quantitative estimate of drug-likeness (QED) is 0.645. The van der Waals surface area contributed by atoms with Crippen LogP contribution >= 0.6 is 0 Å². The molecular weight excluding hydrogens is 228 g/mol. The minimum absolute atomic E-state index is 0.126. The molecule has 4 nitrogen and oxygen atoms in total. The summed E-state index contributed by atoms with van der Waals surface area (Å²) < 4.78 is 0. The number of hydrogen-bond donors (Lipinski definition) is 3. The molecule has 1 fully saturated rings. The van der Waals surface area contributed by atoms with Crippen LogP contribution in [0.4, 0.5) is 0 Å². The molecule has 0 bridgehead atoms. The molecule has 4 heteroatoms. The van der Waals surface area contributed by atoms with E-state index < -0.39 is 0 Å².